The molecule has 0 aliphatic carbocycles. The zero-order chi connectivity index (χ0) is 48.1. The molecule has 354 valence electrons. The second-order valence-electron chi connectivity index (χ2n) is 15.9. The largest absolute Gasteiger partial charge is 0.370 e. The molecule has 0 aromatic carbocycles. The van der Waals surface area contributed by atoms with Crippen molar-refractivity contribution in [1.82, 2.24) is 52.6 Å². The van der Waals surface area contributed by atoms with Gasteiger partial charge in [0, 0.05) is 31.8 Å². The van der Waals surface area contributed by atoms with Crippen LogP contribution in [0.3, 0.4) is 0 Å². The van der Waals surface area contributed by atoms with E-state index in [0.717, 1.165) is 12.2 Å². The maximum atomic E-state index is 13.4. The Kier molecular flexibility index (Phi) is 22.8. The molecule has 2 aliphatic heterocycles. The minimum Gasteiger partial charge on any atom is -0.370 e. The number of nitrogens with zero attached hydrogens (tertiary/aromatic N) is 2. The van der Waals surface area contributed by atoms with Crippen LogP contribution in [0.25, 0.3) is 0 Å². The molecule has 0 radical (unpaired) electrons. The van der Waals surface area contributed by atoms with E-state index >= 15 is 0 Å². The Morgan fingerprint density at radius 1 is 0.844 bits per heavy atom. The van der Waals surface area contributed by atoms with Crippen molar-refractivity contribution in [2.24, 2.45) is 17.6 Å². The molecule has 0 spiro atoms. The molecule has 0 aromatic rings. The van der Waals surface area contributed by atoms with Gasteiger partial charge in [-0.2, -0.15) is 0 Å². The van der Waals surface area contributed by atoms with Gasteiger partial charge >= 0.3 is 0 Å². The van der Waals surface area contributed by atoms with Crippen molar-refractivity contribution in [3.63, 3.8) is 0 Å². The minimum absolute atomic E-state index is 0.0288. The fourth-order valence-electron chi connectivity index (χ4n) is 6.54. The van der Waals surface area contributed by atoms with Gasteiger partial charge in [-0.25, -0.2) is 5.43 Å². The number of likely N-dealkylation sites (tertiary alicyclic amines) is 1. The third-order valence-corrected chi connectivity index (χ3v) is 10.3. The van der Waals surface area contributed by atoms with E-state index in [1.54, 1.807) is 13.8 Å². The van der Waals surface area contributed by atoms with Crippen LogP contribution in [-0.4, -0.2) is 156 Å². The van der Waals surface area contributed by atoms with Gasteiger partial charge in [-0.05, 0) is 44.4 Å². The normalized spacial score (nSPS) is 16.9. The zero-order valence-corrected chi connectivity index (χ0v) is 36.7. The van der Waals surface area contributed by atoms with Gasteiger partial charge in [-0.15, -0.1) is 0 Å². The molecule has 6 atom stereocenters. The second kappa shape index (κ2) is 27.0. The lowest BCUT2D eigenvalue weighted by atomic mass is 9.92. The molecule has 1 fully saturated rings. The highest BCUT2D eigenvalue weighted by atomic mass is 16.2. The lowest BCUT2D eigenvalue weighted by Gasteiger charge is -2.27. The number of Topliss-reactive ketones (excluding diaryl/α,β-unsaturated/α-hetero) is 3. The monoisotopic (exact) mass is 903 g/mol. The van der Waals surface area contributed by atoms with Gasteiger partial charge in [0.25, 0.3) is 17.7 Å². The number of hydrazine groups is 1. The molecule has 9 amide bonds. The number of nitrogens with one attached hydrogen (secondary N) is 8. The fourth-order valence-corrected chi connectivity index (χ4v) is 6.54. The SMILES string of the molecule is CC[C@H](C)C(NC(=O)CNC(=O)[C@H](CC(C)C)NC(=O)[C@@H]1CCCN1C(=O)CNNC(=O)CN1C(=O)C=CC1=O)C(=O)CC(=O)[C@H](C)NCNCC(=O)N[C@@H](CCC(N)=O)C(=O)C=O. The molecule has 24 nitrogen and oxygen atoms in total. The van der Waals surface area contributed by atoms with Gasteiger partial charge in [-0.1, -0.05) is 34.1 Å². The molecule has 64 heavy (non-hydrogen) atoms. The van der Waals surface area contributed by atoms with E-state index in [0.29, 0.717) is 24.2 Å². The van der Waals surface area contributed by atoms with Gasteiger partial charge in [-0.3, -0.25) is 83.3 Å². The minimum atomic E-state index is -1.23. The van der Waals surface area contributed by atoms with Crippen LogP contribution >= 0.6 is 0 Å². The van der Waals surface area contributed by atoms with E-state index in [2.05, 4.69) is 42.8 Å². The van der Waals surface area contributed by atoms with Crippen LogP contribution in [0.2, 0.25) is 0 Å². The van der Waals surface area contributed by atoms with Crippen molar-refractivity contribution in [3.8, 4) is 0 Å². The molecule has 24 heteroatoms. The summed E-state index contributed by atoms with van der Waals surface area (Å²) in [7, 11) is 0. The van der Waals surface area contributed by atoms with Crippen molar-refractivity contribution >= 4 is 76.8 Å². The summed E-state index contributed by atoms with van der Waals surface area (Å²) in [6, 6.07) is -5.21. The van der Waals surface area contributed by atoms with Crippen molar-refractivity contribution in [2.75, 3.05) is 39.4 Å². The van der Waals surface area contributed by atoms with Crippen LogP contribution in [0.1, 0.15) is 79.6 Å². The average molecular weight is 904 g/mol. The summed E-state index contributed by atoms with van der Waals surface area (Å²) in [5, 5.41) is 15.6. The summed E-state index contributed by atoms with van der Waals surface area (Å²) < 4.78 is 0. The molecule has 0 aromatic heterocycles. The Balaban J connectivity index is 1.88. The Labute approximate surface area is 370 Å². The molecule has 2 rings (SSSR count). The Morgan fingerprint density at radius 3 is 2.11 bits per heavy atom. The van der Waals surface area contributed by atoms with Gasteiger partial charge < -0.3 is 31.9 Å². The first-order chi connectivity index (χ1) is 30.2. The quantitative estimate of drug-likeness (QED) is 0.00622. The Bertz CT molecular complexity index is 1800. The number of ketones is 3. The summed E-state index contributed by atoms with van der Waals surface area (Å²) in [6.07, 6.45) is 2.55. The van der Waals surface area contributed by atoms with Gasteiger partial charge in [0.05, 0.1) is 44.2 Å². The molecule has 1 unspecified atom stereocenters. The molecular formula is C40H61N11O13. The van der Waals surface area contributed by atoms with Crippen LogP contribution in [0, 0.1) is 11.8 Å². The Hall–Kier alpha value is -6.27. The van der Waals surface area contributed by atoms with E-state index in [-0.39, 0.29) is 51.2 Å². The number of carbonyl (C=O) groups excluding carboxylic acids is 13. The number of hydrogen-bond acceptors (Lipinski definition) is 16. The highest BCUT2D eigenvalue weighted by molar-refractivity contribution is 6.28. The van der Waals surface area contributed by atoms with Crippen LogP contribution in [0.4, 0.5) is 0 Å². The number of hydrogen-bond donors (Lipinski definition) is 9. The van der Waals surface area contributed by atoms with Gasteiger partial charge in [0.15, 0.2) is 17.9 Å². The van der Waals surface area contributed by atoms with E-state index in [1.807, 2.05) is 13.8 Å². The Morgan fingerprint density at radius 2 is 1.50 bits per heavy atom. The highest BCUT2D eigenvalue weighted by Gasteiger charge is 2.36. The first-order valence-electron chi connectivity index (χ1n) is 21.0. The molecule has 0 bridgehead atoms. The second-order valence-corrected chi connectivity index (χ2v) is 15.9. The topological polar surface area (TPSA) is 351 Å². The maximum Gasteiger partial charge on any atom is 0.254 e. The van der Waals surface area contributed by atoms with Crippen molar-refractivity contribution in [1.29, 1.82) is 0 Å². The lowest BCUT2D eigenvalue weighted by molar-refractivity contribution is -0.142. The molecule has 2 aliphatic rings. The van der Waals surface area contributed by atoms with Gasteiger partial charge in [0.2, 0.25) is 41.2 Å². The number of nitrogens with two attached hydrogens (primary N) is 1. The first kappa shape index (κ1) is 53.9. The van der Waals surface area contributed by atoms with Crippen LogP contribution in [-0.2, 0) is 62.3 Å². The summed E-state index contributed by atoms with van der Waals surface area (Å²) in [4.78, 5) is 163. The molecule has 10 N–H and O–H groups in total. The number of rotatable bonds is 30. The summed E-state index contributed by atoms with van der Waals surface area (Å²) in [6.45, 7) is 6.92. The third-order valence-electron chi connectivity index (χ3n) is 10.3. The van der Waals surface area contributed by atoms with Gasteiger partial charge in [0.1, 0.15) is 18.6 Å². The maximum absolute atomic E-state index is 13.4. The number of aldehydes is 1. The van der Waals surface area contributed by atoms with E-state index < -0.39 is 133 Å². The number of imide groups is 1. The smallest absolute Gasteiger partial charge is 0.254 e. The van der Waals surface area contributed by atoms with Crippen LogP contribution in [0.5, 0.6) is 0 Å². The predicted octanol–water partition coefficient (Wildman–Crippen LogP) is -4.73. The fraction of sp³-hybridized carbons (Fsp3) is 0.625. The number of primary amides is 1. The molecule has 0 saturated carbocycles. The van der Waals surface area contributed by atoms with Crippen molar-refractivity contribution in [2.45, 2.75) is 110 Å². The van der Waals surface area contributed by atoms with Crippen molar-refractivity contribution in [3.05, 3.63) is 12.2 Å². The lowest BCUT2D eigenvalue weighted by Crippen LogP contribution is -2.56. The van der Waals surface area contributed by atoms with Crippen LogP contribution < -0.4 is 48.5 Å². The number of carbonyl (C=O) groups is 13. The van der Waals surface area contributed by atoms with E-state index in [9.17, 15) is 62.3 Å². The van der Waals surface area contributed by atoms with Crippen molar-refractivity contribution < 1.29 is 62.3 Å². The zero-order valence-electron chi connectivity index (χ0n) is 36.7. The molecule has 2 heterocycles. The number of amides is 9. The summed E-state index contributed by atoms with van der Waals surface area (Å²) in [5.74, 6) is -8.49. The summed E-state index contributed by atoms with van der Waals surface area (Å²) in [5.41, 5.74) is 9.75. The van der Waals surface area contributed by atoms with E-state index in [1.165, 1.54) is 11.8 Å². The first-order valence-corrected chi connectivity index (χ1v) is 21.0. The van der Waals surface area contributed by atoms with E-state index in [4.69, 9.17) is 5.73 Å². The highest BCUT2D eigenvalue weighted by Crippen LogP contribution is 2.18. The molecule has 1 saturated heterocycles. The summed E-state index contributed by atoms with van der Waals surface area (Å²) >= 11 is 0. The average Bonchev–Trinajstić information content (AvgIpc) is 3.86. The molecular weight excluding hydrogens is 843 g/mol. The third kappa shape index (κ3) is 18.2. The predicted molar refractivity (Wildman–Crippen MR) is 224 cm³/mol. The standard InChI is InChI=1S/C40H61N11O13/c1-6-23(4)38(29(54)15-28(53)24(5)44-21-42-16-32(57)46-25(30(55)20-52)9-10-31(41)56)48-33(58)17-43-39(63)26(14-22(2)3)47-40(64)27-8-7-13-50(27)37(62)18-45-49-34(59)19-51-35(60)11-12-36(51)61/h11-12,20,22-27,38,42,44-45H,6-10,13-19,21H2,1-5H3,(H2,41,56)(H,43,63)(H,46,57)(H,47,64)(H,48,58)(H,49,59)/t23-,24-,25-,26-,27-,38?/m0/s1. The van der Waals surface area contributed by atoms with Crippen LogP contribution in [0.15, 0.2) is 12.2 Å².